The number of hydrogen-bond acceptors (Lipinski definition) is 8. The molecular weight excluding hydrogens is 559 g/mol. The Balaban J connectivity index is 1.43. The molecule has 2 saturated heterocycles. The molecule has 11 heteroatoms. The monoisotopic (exact) mass is 589 g/mol. The molecule has 2 aromatic heterocycles. The van der Waals surface area contributed by atoms with E-state index < -0.39 is 23.3 Å². The number of phenols is 1. The van der Waals surface area contributed by atoms with Crippen LogP contribution in [0.4, 0.5) is 19.0 Å². The van der Waals surface area contributed by atoms with Crippen LogP contribution in [0.5, 0.6) is 17.6 Å². The van der Waals surface area contributed by atoms with Gasteiger partial charge in [0.15, 0.2) is 5.82 Å². The molecule has 2 aromatic carbocycles. The molecule has 43 heavy (non-hydrogen) atoms. The average Bonchev–Trinajstić information content (AvgIpc) is 3.48. The molecule has 0 bridgehead atoms. The second-order valence-corrected chi connectivity index (χ2v) is 11.6. The van der Waals surface area contributed by atoms with E-state index >= 15 is 4.39 Å². The third-order valence-electron chi connectivity index (χ3n) is 9.16. The lowest BCUT2D eigenvalue weighted by Crippen LogP contribution is -2.43. The molecule has 222 valence electrons. The number of halogens is 3. The molecule has 7 rings (SSSR count). The van der Waals surface area contributed by atoms with Crippen molar-refractivity contribution >= 4 is 27.5 Å². The third kappa shape index (κ3) is 4.30. The van der Waals surface area contributed by atoms with Gasteiger partial charge in [0, 0.05) is 31.0 Å². The van der Waals surface area contributed by atoms with Crippen molar-refractivity contribution < 1.29 is 27.8 Å². The van der Waals surface area contributed by atoms with Crippen molar-refractivity contribution in [2.75, 3.05) is 38.3 Å². The fourth-order valence-electron chi connectivity index (χ4n) is 6.96. The van der Waals surface area contributed by atoms with E-state index in [-0.39, 0.29) is 70.0 Å². The van der Waals surface area contributed by atoms with Crippen molar-refractivity contribution in [2.24, 2.45) is 0 Å². The summed E-state index contributed by atoms with van der Waals surface area (Å²) in [6, 6.07) is 5.22. The fraction of sp³-hybridized carbons (Fsp3) is 0.406. The van der Waals surface area contributed by atoms with E-state index in [0.29, 0.717) is 30.6 Å². The van der Waals surface area contributed by atoms with Crippen molar-refractivity contribution in [1.82, 2.24) is 19.9 Å². The highest BCUT2D eigenvalue weighted by Crippen LogP contribution is 2.44. The summed E-state index contributed by atoms with van der Waals surface area (Å²) in [5.74, 6) is 1.18. The van der Waals surface area contributed by atoms with Crippen molar-refractivity contribution in [3.63, 3.8) is 0 Å². The second-order valence-electron chi connectivity index (χ2n) is 11.6. The number of pyridine rings is 1. The van der Waals surface area contributed by atoms with Gasteiger partial charge in [-0.1, -0.05) is 18.9 Å². The first-order chi connectivity index (χ1) is 20.7. The van der Waals surface area contributed by atoms with Crippen molar-refractivity contribution in [3.05, 3.63) is 41.5 Å². The number of phenolic OH excluding ortho intramolecular Hbond substituents is 1. The molecule has 3 aliphatic rings. The maximum Gasteiger partial charge on any atom is 0.319 e. The summed E-state index contributed by atoms with van der Waals surface area (Å²) in [5.41, 5.74) is -0.753. The summed E-state index contributed by atoms with van der Waals surface area (Å²) in [7, 11) is 1.84. The van der Waals surface area contributed by atoms with Gasteiger partial charge in [-0.3, -0.25) is 4.90 Å². The van der Waals surface area contributed by atoms with Crippen LogP contribution in [-0.2, 0) is 0 Å². The van der Waals surface area contributed by atoms with Gasteiger partial charge in [0.25, 0.3) is 0 Å². The molecular formula is C32H30F3N5O3. The molecule has 0 saturated carbocycles. The van der Waals surface area contributed by atoms with Gasteiger partial charge in [-0.05, 0) is 49.4 Å². The number of aromatic nitrogens is 3. The molecule has 4 aromatic rings. The topological polar surface area (TPSA) is 83.8 Å². The van der Waals surface area contributed by atoms with E-state index in [1.807, 2.05) is 18.9 Å². The highest BCUT2D eigenvalue weighted by atomic mass is 19.1. The molecule has 5 heterocycles. The predicted molar refractivity (Wildman–Crippen MR) is 156 cm³/mol. The van der Waals surface area contributed by atoms with Gasteiger partial charge < -0.3 is 19.5 Å². The number of alkyl halides is 1. The minimum atomic E-state index is -0.928. The Hall–Kier alpha value is -4.30. The minimum absolute atomic E-state index is 0.0484. The van der Waals surface area contributed by atoms with E-state index in [2.05, 4.69) is 25.8 Å². The number of likely N-dealkylation sites (N-methyl/N-ethyl adjacent to an activating group) is 1. The number of rotatable bonds is 5. The zero-order valence-electron chi connectivity index (χ0n) is 23.8. The SMILES string of the molecule is C#Cc1c(F)ccc2cc(O)cc(-c3nc4c5c(nc(OC[C@@]67CCCN6C[C@H](F)C7)nc5c3F)N(C)[C@@H](CC)CO4)c12. The first-order valence-corrected chi connectivity index (χ1v) is 14.4. The largest absolute Gasteiger partial charge is 0.508 e. The molecule has 0 radical (unpaired) electrons. The summed E-state index contributed by atoms with van der Waals surface area (Å²) >= 11 is 0. The van der Waals surface area contributed by atoms with Crippen LogP contribution in [0.3, 0.4) is 0 Å². The summed E-state index contributed by atoms with van der Waals surface area (Å²) in [4.78, 5) is 17.8. The van der Waals surface area contributed by atoms with Crippen molar-refractivity contribution in [1.29, 1.82) is 0 Å². The van der Waals surface area contributed by atoms with Gasteiger partial charge in [0.1, 0.15) is 53.4 Å². The van der Waals surface area contributed by atoms with Crippen LogP contribution in [0, 0.1) is 24.0 Å². The lowest BCUT2D eigenvalue weighted by molar-refractivity contribution is 0.107. The first kappa shape index (κ1) is 27.5. The molecule has 1 N–H and O–H groups in total. The van der Waals surface area contributed by atoms with Gasteiger partial charge in [-0.25, -0.2) is 18.2 Å². The van der Waals surface area contributed by atoms with Crippen LogP contribution in [0.2, 0.25) is 0 Å². The van der Waals surface area contributed by atoms with Crippen LogP contribution >= 0.6 is 0 Å². The third-order valence-corrected chi connectivity index (χ3v) is 9.16. The number of anilines is 1. The van der Waals surface area contributed by atoms with Crippen LogP contribution in [0.25, 0.3) is 32.9 Å². The Morgan fingerprint density at radius 3 is 2.84 bits per heavy atom. The number of aromatic hydroxyl groups is 1. The van der Waals surface area contributed by atoms with E-state index in [9.17, 15) is 13.9 Å². The Morgan fingerprint density at radius 2 is 2.05 bits per heavy atom. The number of ether oxygens (including phenoxy) is 2. The Bertz CT molecular complexity index is 1830. The molecule has 0 unspecified atom stereocenters. The molecule has 2 fully saturated rings. The van der Waals surface area contributed by atoms with E-state index in [1.54, 1.807) is 0 Å². The summed E-state index contributed by atoms with van der Waals surface area (Å²) in [6.45, 7) is 3.59. The van der Waals surface area contributed by atoms with E-state index in [4.69, 9.17) is 15.9 Å². The van der Waals surface area contributed by atoms with E-state index in [1.165, 1.54) is 24.3 Å². The van der Waals surface area contributed by atoms with Gasteiger partial charge in [0.05, 0.1) is 17.1 Å². The maximum atomic E-state index is 16.7. The molecule has 3 aliphatic heterocycles. The van der Waals surface area contributed by atoms with Crippen LogP contribution in [0.1, 0.15) is 38.2 Å². The molecule has 8 nitrogen and oxygen atoms in total. The zero-order valence-corrected chi connectivity index (χ0v) is 23.8. The quantitative estimate of drug-likeness (QED) is 0.311. The first-order valence-electron chi connectivity index (χ1n) is 14.4. The van der Waals surface area contributed by atoms with Gasteiger partial charge >= 0.3 is 6.01 Å². The number of fused-ring (bicyclic) bond motifs is 2. The Kier molecular flexibility index (Phi) is 6.50. The minimum Gasteiger partial charge on any atom is -0.508 e. The molecule has 3 atom stereocenters. The highest BCUT2D eigenvalue weighted by Gasteiger charge is 2.49. The average molecular weight is 590 g/mol. The smallest absolute Gasteiger partial charge is 0.319 e. The highest BCUT2D eigenvalue weighted by molar-refractivity contribution is 6.04. The lowest BCUT2D eigenvalue weighted by Gasteiger charge is -2.31. The fourth-order valence-corrected chi connectivity index (χ4v) is 6.96. The standard InChI is InChI=1S/C32H30F3N5O3/c1-4-19-15-42-30-25-28(26(35)27(36-30)22-12-20(41)11-17-7-8-23(34)21(5-2)24(17)22)37-31(38-29(25)39(19)3)43-16-32-9-6-10-40(32)14-18(33)13-32/h2,7-8,11-12,18-19,41H,4,6,9-10,13-16H2,1,3H3/t18-,19+,32+/m1/s1. The second kappa shape index (κ2) is 10.2. The maximum absolute atomic E-state index is 16.7. The molecule has 0 aliphatic carbocycles. The van der Waals surface area contributed by atoms with Gasteiger partial charge in [0.2, 0.25) is 5.88 Å². The lowest BCUT2D eigenvalue weighted by atomic mass is 9.95. The summed E-state index contributed by atoms with van der Waals surface area (Å²) in [5, 5.41) is 11.4. The summed E-state index contributed by atoms with van der Waals surface area (Å²) in [6.07, 6.45) is 7.56. The number of benzene rings is 2. The van der Waals surface area contributed by atoms with Crippen LogP contribution < -0.4 is 14.4 Å². The predicted octanol–water partition coefficient (Wildman–Crippen LogP) is 5.37. The Morgan fingerprint density at radius 1 is 1.21 bits per heavy atom. The number of nitrogens with zero attached hydrogens (tertiary/aromatic N) is 5. The zero-order chi connectivity index (χ0) is 30.0. The number of terminal acetylenes is 1. The summed E-state index contributed by atoms with van der Waals surface area (Å²) < 4.78 is 58.2. The van der Waals surface area contributed by atoms with Crippen LogP contribution in [-0.4, -0.2) is 76.1 Å². The van der Waals surface area contributed by atoms with E-state index in [0.717, 1.165) is 19.4 Å². The van der Waals surface area contributed by atoms with Crippen LogP contribution in [0.15, 0.2) is 24.3 Å². The van der Waals surface area contributed by atoms with Crippen molar-refractivity contribution in [3.8, 4) is 41.2 Å². The Labute approximate surface area is 246 Å². The molecule has 0 spiro atoms. The van der Waals surface area contributed by atoms with Crippen molar-refractivity contribution in [2.45, 2.75) is 50.4 Å². The normalized spacial score (nSPS) is 23.3. The number of hydrogen-bond donors (Lipinski definition) is 1. The molecule has 0 amide bonds. The van der Waals surface area contributed by atoms with Gasteiger partial charge in [-0.15, -0.1) is 6.42 Å². The van der Waals surface area contributed by atoms with Gasteiger partial charge in [-0.2, -0.15) is 9.97 Å².